The first-order valence-electron chi connectivity index (χ1n) is 5.76. The maximum Gasteiger partial charge on any atom is 0.321 e. The summed E-state index contributed by atoms with van der Waals surface area (Å²) in [6, 6.07) is -1.05. The lowest BCUT2D eigenvalue weighted by Crippen LogP contribution is -2.48. The van der Waals surface area contributed by atoms with Crippen molar-refractivity contribution in [3.63, 3.8) is 0 Å². The predicted molar refractivity (Wildman–Crippen MR) is 63.8 cm³/mol. The fraction of sp³-hybridized carbons (Fsp3) is 0.900. The molecule has 0 bridgehead atoms. The summed E-state index contributed by atoms with van der Waals surface area (Å²) in [5.74, 6) is -0.697. The average molecular weight is 264 g/mol. The minimum absolute atomic E-state index is 0.371. The van der Waals surface area contributed by atoms with E-state index in [1.807, 2.05) is 0 Å². The van der Waals surface area contributed by atoms with Gasteiger partial charge in [0.15, 0.2) is 0 Å². The number of carboxylic acids is 1. The van der Waals surface area contributed by atoms with Gasteiger partial charge in [-0.1, -0.05) is 6.92 Å². The van der Waals surface area contributed by atoms with E-state index in [-0.39, 0.29) is 0 Å². The lowest BCUT2D eigenvalue weighted by molar-refractivity contribution is -0.140. The Morgan fingerprint density at radius 1 is 1.47 bits per heavy atom. The van der Waals surface area contributed by atoms with Crippen LogP contribution in [0.5, 0.6) is 0 Å². The van der Waals surface area contributed by atoms with Crippen LogP contribution in [0.25, 0.3) is 0 Å². The molecule has 0 radical (unpaired) electrons. The Bertz CT molecular complexity index is 378. The molecule has 7 heteroatoms. The molecule has 0 aromatic carbocycles. The number of nitrogens with zero attached hydrogens (tertiary/aromatic N) is 2. The van der Waals surface area contributed by atoms with Gasteiger partial charge in [0, 0.05) is 20.1 Å². The Hall–Kier alpha value is -0.660. The molecule has 17 heavy (non-hydrogen) atoms. The van der Waals surface area contributed by atoms with Crippen LogP contribution in [0.15, 0.2) is 0 Å². The Kier molecular flexibility index (Phi) is 4.51. The molecular formula is C10H20N2O4S. The molecule has 1 rings (SSSR count). The standard InChI is InChI=1S/C10H20N2O4S/c1-4-12(7-9-5-6-9)17(15,16)11(3)8(2)10(13)14/h8-9H,4-7H2,1-3H3,(H,13,14). The molecule has 0 aromatic rings. The van der Waals surface area contributed by atoms with E-state index in [2.05, 4.69) is 0 Å². The van der Waals surface area contributed by atoms with Crippen LogP contribution < -0.4 is 0 Å². The molecule has 0 amide bonds. The van der Waals surface area contributed by atoms with Crippen molar-refractivity contribution in [1.82, 2.24) is 8.61 Å². The van der Waals surface area contributed by atoms with Crippen LogP contribution in [-0.4, -0.2) is 54.3 Å². The maximum atomic E-state index is 12.2. The fourth-order valence-electron chi connectivity index (χ4n) is 1.51. The number of hydrogen-bond donors (Lipinski definition) is 1. The molecule has 0 saturated heterocycles. The number of carbonyl (C=O) groups is 1. The van der Waals surface area contributed by atoms with Gasteiger partial charge in [-0.2, -0.15) is 17.0 Å². The number of hydrogen-bond acceptors (Lipinski definition) is 3. The molecule has 1 N–H and O–H groups in total. The van der Waals surface area contributed by atoms with E-state index in [9.17, 15) is 13.2 Å². The van der Waals surface area contributed by atoms with Crippen molar-refractivity contribution in [2.75, 3.05) is 20.1 Å². The summed E-state index contributed by atoms with van der Waals surface area (Å²) in [6.45, 7) is 4.00. The lowest BCUT2D eigenvalue weighted by atomic mass is 10.4. The van der Waals surface area contributed by atoms with Crippen molar-refractivity contribution in [2.45, 2.75) is 32.7 Å². The van der Waals surface area contributed by atoms with E-state index < -0.39 is 22.2 Å². The summed E-state index contributed by atoms with van der Waals surface area (Å²) in [4.78, 5) is 10.8. The molecule has 1 atom stereocenters. The second-order valence-electron chi connectivity index (χ2n) is 4.43. The fourth-order valence-corrected chi connectivity index (χ4v) is 3.09. The van der Waals surface area contributed by atoms with Gasteiger partial charge in [0.25, 0.3) is 10.2 Å². The summed E-state index contributed by atoms with van der Waals surface area (Å²) in [7, 11) is -2.36. The average Bonchev–Trinajstić information content (AvgIpc) is 3.06. The van der Waals surface area contributed by atoms with Gasteiger partial charge in [-0.15, -0.1) is 0 Å². The second-order valence-corrected chi connectivity index (χ2v) is 6.42. The van der Waals surface area contributed by atoms with Gasteiger partial charge in [-0.05, 0) is 25.7 Å². The quantitative estimate of drug-likeness (QED) is 0.720. The number of likely N-dealkylation sites (N-methyl/N-ethyl adjacent to an activating group) is 1. The third kappa shape index (κ3) is 3.40. The molecule has 0 heterocycles. The van der Waals surface area contributed by atoms with Gasteiger partial charge in [-0.3, -0.25) is 4.79 Å². The van der Waals surface area contributed by atoms with Crippen LogP contribution in [0, 0.1) is 5.92 Å². The van der Waals surface area contributed by atoms with Crippen LogP contribution in [0.4, 0.5) is 0 Å². The molecule has 1 aliphatic rings. The van der Waals surface area contributed by atoms with Crippen molar-refractivity contribution >= 4 is 16.2 Å². The highest BCUT2D eigenvalue weighted by Gasteiger charge is 2.35. The minimum Gasteiger partial charge on any atom is -0.480 e. The first-order valence-corrected chi connectivity index (χ1v) is 7.16. The normalized spacial score (nSPS) is 18.6. The van der Waals surface area contributed by atoms with Crippen molar-refractivity contribution in [1.29, 1.82) is 0 Å². The lowest BCUT2D eigenvalue weighted by Gasteiger charge is -2.28. The zero-order valence-corrected chi connectivity index (χ0v) is 11.3. The molecule has 1 aliphatic carbocycles. The number of aliphatic carboxylic acids is 1. The van der Waals surface area contributed by atoms with E-state index in [1.54, 1.807) is 6.92 Å². The summed E-state index contributed by atoms with van der Waals surface area (Å²) < 4.78 is 26.6. The van der Waals surface area contributed by atoms with Gasteiger partial charge < -0.3 is 5.11 Å². The highest BCUT2D eigenvalue weighted by atomic mass is 32.2. The van der Waals surface area contributed by atoms with Crippen molar-refractivity contribution in [2.24, 2.45) is 5.92 Å². The summed E-state index contributed by atoms with van der Waals surface area (Å²) in [5, 5.41) is 8.84. The van der Waals surface area contributed by atoms with E-state index >= 15 is 0 Å². The van der Waals surface area contributed by atoms with Crippen molar-refractivity contribution < 1.29 is 18.3 Å². The maximum absolute atomic E-state index is 12.2. The third-order valence-corrected chi connectivity index (χ3v) is 5.21. The summed E-state index contributed by atoms with van der Waals surface area (Å²) in [6.07, 6.45) is 2.12. The summed E-state index contributed by atoms with van der Waals surface area (Å²) >= 11 is 0. The van der Waals surface area contributed by atoms with Gasteiger partial charge >= 0.3 is 5.97 Å². The van der Waals surface area contributed by atoms with Crippen LogP contribution in [-0.2, 0) is 15.0 Å². The SMILES string of the molecule is CCN(CC1CC1)S(=O)(=O)N(C)C(C)C(=O)O. The first kappa shape index (κ1) is 14.4. The predicted octanol–water partition coefficient (Wildman–Crippen LogP) is 0.368. The zero-order valence-electron chi connectivity index (χ0n) is 10.5. The van der Waals surface area contributed by atoms with Gasteiger partial charge in [0.1, 0.15) is 6.04 Å². The molecule has 0 aliphatic heterocycles. The molecule has 6 nitrogen and oxygen atoms in total. The Morgan fingerprint density at radius 3 is 2.35 bits per heavy atom. The van der Waals surface area contributed by atoms with Crippen molar-refractivity contribution in [3.05, 3.63) is 0 Å². The first-order chi connectivity index (χ1) is 7.80. The smallest absolute Gasteiger partial charge is 0.321 e. The monoisotopic (exact) mass is 264 g/mol. The van der Waals surface area contributed by atoms with E-state index in [0.717, 1.165) is 17.1 Å². The van der Waals surface area contributed by atoms with E-state index in [0.29, 0.717) is 19.0 Å². The molecular weight excluding hydrogens is 244 g/mol. The van der Waals surface area contributed by atoms with E-state index in [1.165, 1.54) is 18.3 Å². The molecule has 0 spiro atoms. The topological polar surface area (TPSA) is 77.9 Å². The molecule has 1 fully saturated rings. The molecule has 1 saturated carbocycles. The van der Waals surface area contributed by atoms with Crippen LogP contribution in [0.2, 0.25) is 0 Å². The van der Waals surface area contributed by atoms with Gasteiger partial charge in [0.05, 0.1) is 0 Å². The largest absolute Gasteiger partial charge is 0.480 e. The number of carboxylic acid groups (broad SMARTS) is 1. The highest BCUT2D eigenvalue weighted by molar-refractivity contribution is 7.86. The molecule has 1 unspecified atom stereocenters. The zero-order chi connectivity index (χ0) is 13.2. The van der Waals surface area contributed by atoms with Crippen LogP contribution in [0.3, 0.4) is 0 Å². The molecule has 0 aromatic heterocycles. The third-order valence-electron chi connectivity index (χ3n) is 3.10. The van der Waals surface area contributed by atoms with Gasteiger partial charge in [0.2, 0.25) is 0 Å². The minimum atomic E-state index is -3.66. The number of rotatable bonds is 7. The Morgan fingerprint density at radius 2 is 2.00 bits per heavy atom. The van der Waals surface area contributed by atoms with E-state index in [4.69, 9.17) is 5.11 Å². The highest BCUT2D eigenvalue weighted by Crippen LogP contribution is 2.30. The second kappa shape index (κ2) is 5.32. The Balaban J connectivity index is 2.79. The van der Waals surface area contributed by atoms with Crippen LogP contribution >= 0.6 is 0 Å². The van der Waals surface area contributed by atoms with Crippen molar-refractivity contribution in [3.8, 4) is 0 Å². The van der Waals surface area contributed by atoms with Gasteiger partial charge in [-0.25, -0.2) is 0 Å². The summed E-state index contributed by atoms with van der Waals surface area (Å²) in [5.41, 5.74) is 0. The Labute approximate surface area is 102 Å². The van der Waals surface area contributed by atoms with Crippen LogP contribution in [0.1, 0.15) is 26.7 Å². The molecule has 100 valence electrons.